The molecule has 1 aliphatic rings. The van der Waals surface area contributed by atoms with E-state index >= 15 is 0 Å². The molecule has 51 heavy (non-hydrogen) atoms. The highest BCUT2D eigenvalue weighted by molar-refractivity contribution is 5.86. The molecule has 0 radical (unpaired) electrons. The van der Waals surface area contributed by atoms with Gasteiger partial charge in [-0.3, -0.25) is 14.4 Å². The standard InChI is InChI=1S/C43H78O8/c1-3-5-7-8-9-10-11-12-13-14-15-16-17-18-19-20-25-29-42(48)50-34-37(45)35-51-43(49)30-26-22-21-24-28-38-39(41(47)33-40(38)46)32-31-36(44)27-23-6-4-2/h31-32,36-40,44-46H,3-30,33-35H2,1-2H3/b32-31+/t36-,37-,38+,39+,40-/m0/s1. The summed E-state index contributed by atoms with van der Waals surface area (Å²) in [5.41, 5.74) is 0. The summed E-state index contributed by atoms with van der Waals surface area (Å²) in [6, 6.07) is 0. The second-order valence-electron chi connectivity index (χ2n) is 15.3. The molecule has 1 aliphatic carbocycles. The van der Waals surface area contributed by atoms with Gasteiger partial charge in [0.15, 0.2) is 0 Å². The fourth-order valence-electron chi connectivity index (χ4n) is 7.11. The Labute approximate surface area is 311 Å². The number of carbonyl (C=O) groups is 3. The molecule has 298 valence electrons. The van der Waals surface area contributed by atoms with Gasteiger partial charge in [0.25, 0.3) is 0 Å². The number of allylic oxidation sites excluding steroid dienone is 1. The second kappa shape index (κ2) is 32.8. The zero-order chi connectivity index (χ0) is 37.4. The van der Waals surface area contributed by atoms with E-state index in [2.05, 4.69) is 13.8 Å². The Morgan fingerprint density at radius 1 is 0.647 bits per heavy atom. The molecule has 0 aromatic heterocycles. The highest BCUT2D eigenvalue weighted by Gasteiger charge is 2.39. The fraction of sp³-hybridized carbons (Fsp3) is 0.884. The molecule has 0 saturated heterocycles. The number of unbranched alkanes of at least 4 members (excludes halogenated alkanes) is 21. The van der Waals surface area contributed by atoms with Crippen LogP contribution in [0.1, 0.15) is 200 Å². The van der Waals surface area contributed by atoms with Gasteiger partial charge >= 0.3 is 11.9 Å². The van der Waals surface area contributed by atoms with Crippen LogP contribution in [0.15, 0.2) is 12.2 Å². The van der Waals surface area contributed by atoms with Crippen molar-refractivity contribution in [3.63, 3.8) is 0 Å². The van der Waals surface area contributed by atoms with Crippen LogP contribution in [-0.2, 0) is 23.9 Å². The van der Waals surface area contributed by atoms with E-state index in [0.717, 1.165) is 64.2 Å². The maximum atomic E-state index is 12.4. The minimum absolute atomic E-state index is 0.0368. The smallest absolute Gasteiger partial charge is 0.305 e. The number of ether oxygens (including phenoxy) is 2. The van der Waals surface area contributed by atoms with Crippen molar-refractivity contribution in [1.82, 2.24) is 0 Å². The number of rotatable bonds is 35. The third-order valence-electron chi connectivity index (χ3n) is 10.4. The molecular weight excluding hydrogens is 644 g/mol. The Kier molecular flexibility index (Phi) is 30.4. The van der Waals surface area contributed by atoms with Crippen LogP contribution < -0.4 is 0 Å². The van der Waals surface area contributed by atoms with Crippen molar-refractivity contribution in [3.8, 4) is 0 Å². The van der Waals surface area contributed by atoms with Crippen LogP contribution in [0.25, 0.3) is 0 Å². The van der Waals surface area contributed by atoms with Crippen LogP contribution in [0, 0.1) is 11.8 Å². The minimum Gasteiger partial charge on any atom is -0.463 e. The Bertz CT molecular complexity index is 889. The first-order chi connectivity index (χ1) is 24.8. The molecule has 1 rings (SSSR count). The van der Waals surface area contributed by atoms with Crippen molar-refractivity contribution in [3.05, 3.63) is 12.2 Å². The van der Waals surface area contributed by atoms with Crippen molar-refractivity contribution in [1.29, 1.82) is 0 Å². The van der Waals surface area contributed by atoms with Crippen LogP contribution in [-0.4, -0.2) is 64.6 Å². The SMILES string of the molecule is CCCCCCCCCCCCCCCCCCCC(=O)OC[C@H](O)COC(=O)CCCCCC[C@H]1[C@@H](O)CC(=O)[C@@H]1/C=C/[C@@H](O)CCCCC. The zero-order valence-electron chi connectivity index (χ0n) is 32.8. The largest absolute Gasteiger partial charge is 0.463 e. The maximum Gasteiger partial charge on any atom is 0.305 e. The average Bonchev–Trinajstić information content (AvgIpc) is 3.39. The molecule has 0 amide bonds. The second-order valence-corrected chi connectivity index (χ2v) is 15.3. The lowest BCUT2D eigenvalue weighted by Crippen LogP contribution is -2.25. The van der Waals surface area contributed by atoms with Crippen LogP contribution in [0.2, 0.25) is 0 Å². The number of esters is 2. The van der Waals surface area contributed by atoms with E-state index in [-0.39, 0.29) is 55.6 Å². The molecule has 3 N–H and O–H groups in total. The van der Waals surface area contributed by atoms with E-state index in [9.17, 15) is 29.7 Å². The molecule has 8 heteroatoms. The number of carbonyl (C=O) groups excluding carboxylic acids is 3. The highest BCUT2D eigenvalue weighted by atomic mass is 16.6. The molecule has 5 atom stereocenters. The van der Waals surface area contributed by atoms with Crippen molar-refractivity contribution in [2.24, 2.45) is 11.8 Å². The van der Waals surface area contributed by atoms with Crippen molar-refractivity contribution >= 4 is 17.7 Å². The summed E-state index contributed by atoms with van der Waals surface area (Å²) in [6.07, 6.45) is 31.7. The van der Waals surface area contributed by atoms with E-state index in [1.165, 1.54) is 89.9 Å². The molecule has 1 saturated carbocycles. The van der Waals surface area contributed by atoms with E-state index in [1.54, 1.807) is 12.2 Å². The average molecular weight is 723 g/mol. The summed E-state index contributed by atoms with van der Waals surface area (Å²) in [4.78, 5) is 36.6. The number of aliphatic hydroxyl groups is 3. The van der Waals surface area contributed by atoms with Gasteiger partial charge in [-0.2, -0.15) is 0 Å². The molecule has 0 aromatic carbocycles. The quantitative estimate of drug-likeness (QED) is 0.0335. The van der Waals surface area contributed by atoms with Crippen LogP contribution in [0.5, 0.6) is 0 Å². The summed E-state index contributed by atoms with van der Waals surface area (Å²) in [6.45, 7) is 4.02. The Hall–Kier alpha value is -1.77. The molecule has 0 aromatic rings. The highest BCUT2D eigenvalue weighted by Crippen LogP contribution is 2.34. The molecule has 0 heterocycles. The molecule has 1 fully saturated rings. The maximum absolute atomic E-state index is 12.4. The predicted octanol–water partition coefficient (Wildman–Crippen LogP) is 9.88. The van der Waals surface area contributed by atoms with E-state index in [1.807, 2.05) is 0 Å². The van der Waals surface area contributed by atoms with Gasteiger partial charge in [-0.15, -0.1) is 0 Å². The summed E-state index contributed by atoms with van der Waals surface area (Å²) < 4.78 is 10.3. The van der Waals surface area contributed by atoms with Gasteiger partial charge in [-0.1, -0.05) is 167 Å². The minimum atomic E-state index is -1.03. The normalized spacial score (nSPS) is 18.8. The first-order valence-corrected chi connectivity index (χ1v) is 21.3. The molecular formula is C43H78O8. The summed E-state index contributed by atoms with van der Waals surface area (Å²) in [5.74, 6) is -1.14. The number of hydrogen-bond donors (Lipinski definition) is 3. The summed E-state index contributed by atoms with van der Waals surface area (Å²) >= 11 is 0. The van der Waals surface area contributed by atoms with E-state index in [0.29, 0.717) is 19.3 Å². The van der Waals surface area contributed by atoms with Crippen molar-refractivity contribution < 1.29 is 39.2 Å². The van der Waals surface area contributed by atoms with Crippen LogP contribution >= 0.6 is 0 Å². The van der Waals surface area contributed by atoms with Gasteiger partial charge < -0.3 is 24.8 Å². The number of hydrogen-bond acceptors (Lipinski definition) is 8. The van der Waals surface area contributed by atoms with Gasteiger partial charge in [0.05, 0.1) is 12.2 Å². The lowest BCUT2D eigenvalue weighted by Gasteiger charge is -2.19. The van der Waals surface area contributed by atoms with Gasteiger partial charge in [-0.25, -0.2) is 0 Å². The predicted molar refractivity (Wildman–Crippen MR) is 206 cm³/mol. The van der Waals surface area contributed by atoms with Gasteiger partial charge in [0.2, 0.25) is 0 Å². The van der Waals surface area contributed by atoms with Gasteiger partial charge in [0, 0.05) is 25.2 Å². The lowest BCUT2D eigenvalue weighted by atomic mass is 9.88. The van der Waals surface area contributed by atoms with Crippen molar-refractivity contribution in [2.45, 2.75) is 218 Å². The number of Topliss-reactive ketones (excluding diaryl/α,β-unsaturated/α-hetero) is 1. The van der Waals surface area contributed by atoms with E-state index in [4.69, 9.17) is 9.47 Å². The molecule has 8 nitrogen and oxygen atoms in total. The topological polar surface area (TPSA) is 130 Å². The lowest BCUT2D eigenvalue weighted by molar-refractivity contribution is -0.152. The summed E-state index contributed by atoms with van der Waals surface area (Å²) in [7, 11) is 0. The van der Waals surface area contributed by atoms with Crippen molar-refractivity contribution in [2.75, 3.05) is 13.2 Å². The monoisotopic (exact) mass is 723 g/mol. The zero-order valence-corrected chi connectivity index (χ0v) is 32.8. The third-order valence-corrected chi connectivity index (χ3v) is 10.4. The number of aliphatic hydroxyl groups excluding tert-OH is 3. The Morgan fingerprint density at radius 2 is 1.06 bits per heavy atom. The van der Waals surface area contributed by atoms with E-state index < -0.39 is 18.3 Å². The first kappa shape index (κ1) is 47.3. The van der Waals surface area contributed by atoms with Gasteiger partial charge in [0.1, 0.15) is 25.1 Å². The van der Waals surface area contributed by atoms with Crippen LogP contribution in [0.4, 0.5) is 0 Å². The molecule has 0 unspecified atom stereocenters. The third kappa shape index (κ3) is 26.6. The number of ketones is 1. The van der Waals surface area contributed by atoms with Gasteiger partial charge in [-0.05, 0) is 31.6 Å². The van der Waals surface area contributed by atoms with Crippen LogP contribution in [0.3, 0.4) is 0 Å². The first-order valence-electron chi connectivity index (χ1n) is 21.3. The Balaban J connectivity index is 1.97. The summed E-state index contributed by atoms with van der Waals surface area (Å²) in [5, 5.41) is 30.7. The molecule has 0 bridgehead atoms. The Morgan fingerprint density at radius 3 is 1.53 bits per heavy atom. The molecule has 0 aliphatic heterocycles. The fourth-order valence-corrected chi connectivity index (χ4v) is 7.11. The molecule has 0 spiro atoms.